The molecular formula is C19H34BNO. The van der Waals surface area contributed by atoms with Gasteiger partial charge in [0.05, 0.1) is 7.85 Å². The van der Waals surface area contributed by atoms with Gasteiger partial charge in [-0.2, -0.15) is 0 Å². The summed E-state index contributed by atoms with van der Waals surface area (Å²) < 4.78 is 0. The largest absolute Gasteiger partial charge is 0.337 e. The predicted octanol–water partition coefficient (Wildman–Crippen LogP) is 4.73. The van der Waals surface area contributed by atoms with E-state index in [0.717, 1.165) is 25.7 Å². The Balaban J connectivity index is 2.12. The molecular weight excluding hydrogens is 269 g/mol. The number of nitrogens with zero attached hydrogens (tertiary/aromatic N) is 1. The molecule has 0 bridgehead atoms. The maximum Gasteiger partial charge on any atom is 0.226 e. The highest BCUT2D eigenvalue weighted by Gasteiger charge is 2.41. The van der Waals surface area contributed by atoms with Crippen molar-refractivity contribution < 1.29 is 4.79 Å². The normalized spacial score (nSPS) is 34.5. The van der Waals surface area contributed by atoms with Crippen molar-refractivity contribution in [3.05, 3.63) is 0 Å². The highest BCUT2D eigenvalue weighted by molar-refractivity contribution is 6.11. The van der Waals surface area contributed by atoms with Crippen LogP contribution in [0.5, 0.6) is 0 Å². The summed E-state index contributed by atoms with van der Waals surface area (Å²) in [5.41, 5.74) is 0. The predicted molar refractivity (Wildman–Crippen MR) is 94.1 cm³/mol. The van der Waals surface area contributed by atoms with Crippen LogP contribution >= 0.6 is 0 Å². The number of likely N-dealkylation sites (tertiary alicyclic amines) is 1. The molecule has 1 amide bonds. The smallest absolute Gasteiger partial charge is 0.226 e. The van der Waals surface area contributed by atoms with Crippen molar-refractivity contribution in [2.75, 3.05) is 0 Å². The van der Waals surface area contributed by atoms with E-state index >= 15 is 0 Å². The average Bonchev–Trinajstić information content (AvgIpc) is 2.45. The summed E-state index contributed by atoms with van der Waals surface area (Å²) in [5, 5.41) is 0. The van der Waals surface area contributed by atoms with E-state index in [1.165, 1.54) is 38.5 Å². The quantitative estimate of drug-likeness (QED) is 0.690. The first-order chi connectivity index (χ1) is 10.5. The van der Waals surface area contributed by atoms with Gasteiger partial charge in [0.25, 0.3) is 0 Å². The molecule has 0 aromatic carbocycles. The second-order valence-corrected chi connectivity index (χ2v) is 7.86. The van der Waals surface area contributed by atoms with Gasteiger partial charge in [-0.1, -0.05) is 51.3 Å². The van der Waals surface area contributed by atoms with E-state index in [1.54, 1.807) is 0 Å². The van der Waals surface area contributed by atoms with E-state index in [-0.39, 0.29) is 5.92 Å². The maximum absolute atomic E-state index is 13.1. The number of carbonyl (C=O) groups excluding carboxylic acids is 1. The fourth-order valence-electron chi connectivity index (χ4n) is 4.70. The summed E-state index contributed by atoms with van der Waals surface area (Å²) in [6, 6.07) is 0.809. The zero-order valence-electron chi connectivity index (χ0n) is 14.9. The molecule has 1 aliphatic heterocycles. The van der Waals surface area contributed by atoms with Crippen molar-refractivity contribution in [2.45, 2.75) is 103 Å². The molecule has 4 atom stereocenters. The molecule has 0 spiro atoms. The molecule has 1 saturated carbocycles. The summed E-state index contributed by atoms with van der Waals surface area (Å²) in [6.45, 7) is 6.60. The molecule has 0 aromatic heterocycles. The minimum atomic E-state index is 0.282. The molecule has 0 aromatic rings. The van der Waals surface area contributed by atoms with Crippen molar-refractivity contribution >= 4 is 13.8 Å². The van der Waals surface area contributed by atoms with Gasteiger partial charge in [0.2, 0.25) is 5.91 Å². The van der Waals surface area contributed by atoms with E-state index in [4.69, 9.17) is 7.85 Å². The Hall–Kier alpha value is -0.465. The zero-order valence-corrected chi connectivity index (χ0v) is 14.9. The average molecular weight is 303 g/mol. The number of hydrogen-bond donors (Lipinski definition) is 0. The molecule has 1 saturated heterocycles. The summed E-state index contributed by atoms with van der Waals surface area (Å²) in [6.07, 6.45) is 11.7. The first-order valence-corrected chi connectivity index (χ1v) is 9.62. The standard InChI is InChI=1S/C19H34BNO/c1-4-8-17-13-15-9-7-11-16(20)10-5-6-12-18(15)19(22)21(17)14(2)3/h14-18H,4-13H2,1-3H3. The lowest BCUT2D eigenvalue weighted by Gasteiger charge is -2.46. The van der Waals surface area contributed by atoms with Crippen LogP contribution in [0, 0.1) is 11.8 Å². The molecule has 2 aliphatic rings. The fraction of sp³-hybridized carbons (Fsp3) is 0.947. The third kappa shape index (κ3) is 4.29. The molecule has 1 heterocycles. The Morgan fingerprint density at radius 3 is 2.50 bits per heavy atom. The number of piperidine rings is 1. The summed E-state index contributed by atoms with van der Waals surface area (Å²) in [5.74, 6) is 1.72. The second-order valence-electron chi connectivity index (χ2n) is 7.86. The second kappa shape index (κ2) is 8.40. The Morgan fingerprint density at radius 2 is 1.82 bits per heavy atom. The molecule has 2 radical (unpaired) electrons. The van der Waals surface area contributed by atoms with Crippen LogP contribution in [0.15, 0.2) is 0 Å². The fourth-order valence-corrected chi connectivity index (χ4v) is 4.70. The van der Waals surface area contributed by atoms with Crippen molar-refractivity contribution in [1.29, 1.82) is 0 Å². The molecule has 4 unspecified atom stereocenters. The van der Waals surface area contributed by atoms with Crippen LogP contribution < -0.4 is 0 Å². The first-order valence-electron chi connectivity index (χ1n) is 9.62. The van der Waals surface area contributed by atoms with Gasteiger partial charge in [-0.15, -0.1) is 0 Å². The highest BCUT2D eigenvalue weighted by Crippen LogP contribution is 2.39. The molecule has 2 rings (SSSR count). The van der Waals surface area contributed by atoms with Crippen LogP contribution in [-0.2, 0) is 4.79 Å². The summed E-state index contributed by atoms with van der Waals surface area (Å²) in [4.78, 5) is 15.3. The molecule has 3 heteroatoms. The zero-order chi connectivity index (χ0) is 16.1. The number of rotatable bonds is 3. The van der Waals surface area contributed by atoms with Crippen LogP contribution in [0.1, 0.15) is 85.0 Å². The lowest BCUT2D eigenvalue weighted by Crippen LogP contribution is -2.54. The van der Waals surface area contributed by atoms with Crippen molar-refractivity contribution in [3.8, 4) is 0 Å². The highest BCUT2D eigenvalue weighted by atomic mass is 16.2. The summed E-state index contributed by atoms with van der Waals surface area (Å²) >= 11 is 0. The summed E-state index contributed by atoms with van der Waals surface area (Å²) in [7, 11) is 6.18. The van der Waals surface area contributed by atoms with Crippen molar-refractivity contribution in [1.82, 2.24) is 4.90 Å². The molecule has 2 nitrogen and oxygen atoms in total. The minimum absolute atomic E-state index is 0.282. The Morgan fingerprint density at radius 1 is 1.14 bits per heavy atom. The van der Waals surface area contributed by atoms with Gasteiger partial charge < -0.3 is 4.90 Å². The van der Waals surface area contributed by atoms with Gasteiger partial charge >= 0.3 is 0 Å². The first kappa shape index (κ1) is 17.9. The third-order valence-electron chi connectivity index (χ3n) is 5.78. The van der Waals surface area contributed by atoms with Gasteiger partial charge in [0.15, 0.2) is 0 Å². The minimum Gasteiger partial charge on any atom is -0.337 e. The number of hydrogen-bond acceptors (Lipinski definition) is 1. The van der Waals surface area contributed by atoms with E-state index in [2.05, 4.69) is 25.7 Å². The van der Waals surface area contributed by atoms with Gasteiger partial charge in [0, 0.05) is 18.0 Å². The van der Waals surface area contributed by atoms with E-state index in [0.29, 0.717) is 29.7 Å². The van der Waals surface area contributed by atoms with E-state index in [1.807, 2.05) is 0 Å². The molecule has 2 fully saturated rings. The van der Waals surface area contributed by atoms with E-state index in [9.17, 15) is 4.79 Å². The van der Waals surface area contributed by atoms with Gasteiger partial charge in [0.1, 0.15) is 0 Å². The Bertz CT molecular complexity index is 357. The topological polar surface area (TPSA) is 20.3 Å². The van der Waals surface area contributed by atoms with Crippen LogP contribution in [0.3, 0.4) is 0 Å². The van der Waals surface area contributed by atoms with Crippen LogP contribution in [0.25, 0.3) is 0 Å². The van der Waals surface area contributed by atoms with Crippen molar-refractivity contribution in [2.24, 2.45) is 11.8 Å². The molecule has 0 N–H and O–H groups in total. The Labute approximate surface area is 138 Å². The Kier molecular flexibility index (Phi) is 6.83. The lowest BCUT2D eigenvalue weighted by atomic mass is 9.71. The SMILES string of the molecule is [B]C1CCCCC2C(=O)N(C(C)C)C(CCC)CC2CCC1. The van der Waals surface area contributed by atoms with Gasteiger partial charge in [-0.05, 0) is 45.4 Å². The number of amides is 1. The monoisotopic (exact) mass is 303 g/mol. The third-order valence-corrected chi connectivity index (χ3v) is 5.78. The number of fused-ring (bicyclic) bond motifs is 1. The van der Waals surface area contributed by atoms with Crippen LogP contribution in [0.2, 0.25) is 5.82 Å². The van der Waals surface area contributed by atoms with Crippen LogP contribution in [-0.4, -0.2) is 30.7 Å². The number of carbonyl (C=O) groups is 1. The lowest BCUT2D eigenvalue weighted by molar-refractivity contribution is -0.148. The van der Waals surface area contributed by atoms with Crippen LogP contribution in [0.4, 0.5) is 0 Å². The van der Waals surface area contributed by atoms with E-state index < -0.39 is 0 Å². The van der Waals surface area contributed by atoms with Gasteiger partial charge in [-0.3, -0.25) is 4.79 Å². The maximum atomic E-state index is 13.1. The molecule has 22 heavy (non-hydrogen) atoms. The molecule has 124 valence electrons. The van der Waals surface area contributed by atoms with Gasteiger partial charge in [-0.25, -0.2) is 0 Å². The van der Waals surface area contributed by atoms with Crippen molar-refractivity contribution in [3.63, 3.8) is 0 Å². The molecule has 1 aliphatic carbocycles.